The van der Waals surface area contributed by atoms with Crippen LogP contribution in [0.5, 0.6) is 0 Å². The van der Waals surface area contributed by atoms with Crippen molar-refractivity contribution in [3.63, 3.8) is 0 Å². The molecule has 2 aromatic heterocycles. The SMILES string of the molecule is CCn1cc(-c2nc(N)c(Br)c(C(C)(C)C)n2)cn1. The highest BCUT2D eigenvalue weighted by Crippen LogP contribution is 2.32. The molecule has 0 saturated heterocycles. The first-order chi connectivity index (χ1) is 8.82. The van der Waals surface area contributed by atoms with Crippen LogP contribution in [0.4, 0.5) is 5.82 Å². The first-order valence-electron chi connectivity index (χ1n) is 6.19. The smallest absolute Gasteiger partial charge is 0.165 e. The summed E-state index contributed by atoms with van der Waals surface area (Å²) >= 11 is 3.47. The van der Waals surface area contributed by atoms with E-state index >= 15 is 0 Å². The lowest BCUT2D eigenvalue weighted by Gasteiger charge is -2.20. The van der Waals surface area contributed by atoms with Crippen molar-refractivity contribution >= 4 is 21.7 Å². The molecule has 19 heavy (non-hydrogen) atoms. The van der Waals surface area contributed by atoms with Gasteiger partial charge in [-0.1, -0.05) is 20.8 Å². The molecular formula is C13H18BrN5. The number of nitrogens with two attached hydrogens (primary N) is 1. The number of nitrogen functional groups attached to an aromatic ring is 1. The molecule has 102 valence electrons. The molecule has 0 aromatic carbocycles. The molecule has 0 atom stereocenters. The van der Waals surface area contributed by atoms with Crippen molar-refractivity contribution in [1.29, 1.82) is 0 Å². The largest absolute Gasteiger partial charge is 0.383 e. The second kappa shape index (κ2) is 4.92. The lowest BCUT2D eigenvalue weighted by Crippen LogP contribution is -2.17. The zero-order valence-electron chi connectivity index (χ0n) is 11.6. The van der Waals surface area contributed by atoms with Crippen LogP contribution >= 0.6 is 15.9 Å². The van der Waals surface area contributed by atoms with E-state index in [9.17, 15) is 0 Å². The van der Waals surface area contributed by atoms with Crippen LogP contribution in [0.25, 0.3) is 11.4 Å². The second-order valence-corrected chi connectivity index (χ2v) is 6.22. The van der Waals surface area contributed by atoms with Crippen LogP contribution in [0.3, 0.4) is 0 Å². The minimum atomic E-state index is -0.106. The molecule has 2 aromatic rings. The van der Waals surface area contributed by atoms with Gasteiger partial charge < -0.3 is 5.73 Å². The van der Waals surface area contributed by atoms with Crippen LogP contribution in [0.15, 0.2) is 16.9 Å². The van der Waals surface area contributed by atoms with Crippen molar-refractivity contribution in [3.05, 3.63) is 22.6 Å². The Balaban J connectivity index is 2.56. The van der Waals surface area contributed by atoms with Gasteiger partial charge in [-0.3, -0.25) is 4.68 Å². The molecule has 0 unspecified atom stereocenters. The molecule has 0 radical (unpaired) electrons. The summed E-state index contributed by atoms with van der Waals surface area (Å²) in [5.41, 5.74) is 7.65. The van der Waals surface area contributed by atoms with Crippen LogP contribution in [0.1, 0.15) is 33.4 Å². The maximum atomic E-state index is 5.97. The Bertz CT molecular complexity index is 598. The lowest BCUT2D eigenvalue weighted by atomic mass is 9.92. The number of halogens is 1. The standard InChI is InChI=1S/C13H18BrN5/c1-5-19-7-8(6-16-19)12-17-10(13(2,3)4)9(14)11(15)18-12/h6-7H,5H2,1-4H3,(H2,15,17,18). The van der Waals surface area contributed by atoms with Gasteiger partial charge in [-0.05, 0) is 22.9 Å². The Morgan fingerprint density at radius 2 is 2.00 bits per heavy atom. The summed E-state index contributed by atoms with van der Waals surface area (Å²) in [6, 6.07) is 0. The molecular weight excluding hydrogens is 306 g/mol. The number of hydrogen-bond donors (Lipinski definition) is 1. The summed E-state index contributed by atoms with van der Waals surface area (Å²) < 4.78 is 2.61. The zero-order chi connectivity index (χ0) is 14.2. The van der Waals surface area contributed by atoms with Crippen molar-refractivity contribution in [2.75, 3.05) is 5.73 Å². The average Bonchev–Trinajstić information content (AvgIpc) is 2.79. The van der Waals surface area contributed by atoms with Gasteiger partial charge in [0.15, 0.2) is 5.82 Å². The molecule has 0 spiro atoms. The molecule has 0 amide bonds. The Morgan fingerprint density at radius 1 is 1.32 bits per heavy atom. The first-order valence-corrected chi connectivity index (χ1v) is 6.98. The predicted octanol–water partition coefficient (Wildman–Crippen LogP) is 3.00. The highest BCUT2D eigenvalue weighted by atomic mass is 79.9. The number of aromatic nitrogens is 4. The molecule has 2 heterocycles. The normalized spacial score (nSPS) is 11.8. The minimum absolute atomic E-state index is 0.106. The molecule has 0 aliphatic carbocycles. The van der Waals surface area contributed by atoms with Gasteiger partial charge in [0.25, 0.3) is 0 Å². The molecule has 2 N–H and O–H groups in total. The Hall–Kier alpha value is -1.43. The van der Waals surface area contributed by atoms with Crippen LogP contribution in [0, 0.1) is 0 Å². The Labute approximate surface area is 121 Å². The summed E-state index contributed by atoms with van der Waals surface area (Å²) in [7, 11) is 0. The Morgan fingerprint density at radius 3 is 2.53 bits per heavy atom. The van der Waals surface area contributed by atoms with Crippen molar-refractivity contribution in [3.8, 4) is 11.4 Å². The van der Waals surface area contributed by atoms with Crippen LogP contribution in [0.2, 0.25) is 0 Å². The van der Waals surface area contributed by atoms with Gasteiger partial charge in [0.1, 0.15) is 5.82 Å². The van der Waals surface area contributed by atoms with Gasteiger partial charge in [0, 0.05) is 18.2 Å². The van der Waals surface area contributed by atoms with E-state index in [1.165, 1.54) is 0 Å². The quantitative estimate of drug-likeness (QED) is 0.922. The molecule has 2 rings (SSSR count). The highest BCUT2D eigenvalue weighted by molar-refractivity contribution is 9.10. The summed E-state index contributed by atoms with van der Waals surface area (Å²) in [5, 5.41) is 4.24. The summed E-state index contributed by atoms with van der Waals surface area (Å²) in [5.74, 6) is 1.07. The van der Waals surface area contributed by atoms with E-state index in [0.29, 0.717) is 11.6 Å². The fourth-order valence-corrected chi connectivity index (χ4v) is 2.51. The molecule has 5 nitrogen and oxygen atoms in total. The van der Waals surface area contributed by atoms with Crippen LogP contribution in [-0.2, 0) is 12.0 Å². The molecule has 0 fully saturated rings. The Kier molecular flexibility index (Phi) is 3.62. The average molecular weight is 324 g/mol. The summed E-state index contributed by atoms with van der Waals surface area (Å²) in [6.45, 7) is 9.14. The van der Waals surface area contributed by atoms with Crippen molar-refractivity contribution in [1.82, 2.24) is 19.7 Å². The maximum absolute atomic E-state index is 5.97. The molecule has 0 bridgehead atoms. The molecule has 0 saturated carbocycles. The van der Waals surface area contributed by atoms with E-state index < -0.39 is 0 Å². The van der Waals surface area contributed by atoms with E-state index in [0.717, 1.165) is 22.3 Å². The van der Waals surface area contributed by atoms with E-state index in [1.807, 2.05) is 17.8 Å². The van der Waals surface area contributed by atoms with Gasteiger partial charge >= 0.3 is 0 Å². The van der Waals surface area contributed by atoms with Crippen LogP contribution in [-0.4, -0.2) is 19.7 Å². The third-order valence-electron chi connectivity index (χ3n) is 2.80. The van der Waals surface area contributed by atoms with Gasteiger partial charge in [-0.25, -0.2) is 9.97 Å². The minimum Gasteiger partial charge on any atom is -0.383 e. The highest BCUT2D eigenvalue weighted by Gasteiger charge is 2.23. The molecule has 0 aliphatic heterocycles. The van der Waals surface area contributed by atoms with E-state index in [1.54, 1.807) is 6.20 Å². The van der Waals surface area contributed by atoms with E-state index in [-0.39, 0.29) is 5.41 Å². The number of nitrogens with zero attached hydrogens (tertiary/aromatic N) is 4. The van der Waals surface area contributed by atoms with Gasteiger partial charge in [-0.15, -0.1) is 0 Å². The lowest BCUT2D eigenvalue weighted by molar-refractivity contribution is 0.564. The zero-order valence-corrected chi connectivity index (χ0v) is 13.2. The monoisotopic (exact) mass is 323 g/mol. The summed E-state index contributed by atoms with van der Waals surface area (Å²) in [6.07, 6.45) is 3.69. The topological polar surface area (TPSA) is 69.6 Å². The first kappa shape index (κ1) is 14.0. The number of rotatable bonds is 2. The third-order valence-corrected chi connectivity index (χ3v) is 3.58. The predicted molar refractivity (Wildman–Crippen MR) is 79.7 cm³/mol. The second-order valence-electron chi connectivity index (χ2n) is 5.43. The number of hydrogen-bond acceptors (Lipinski definition) is 4. The van der Waals surface area contributed by atoms with E-state index in [2.05, 4.69) is 51.8 Å². The number of anilines is 1. The fraction of sp³-hybridized carbons (Fsp3) is 0.462. The molecule has 0 aliphatic rings. The fourth-order valence-electron chi connectivity index (χ4n) is 1.74. The number of aryl methyl sites for hydroxylation is 1. The van der Waals surface area contributed by atoms with Gasteiger partial charge in [0.2, 0.25) is 0 Å². The van der Waals surface area contributed by atoms with Crippen molar-refractivity contribution in [2.24, 2.45) is 0 Å². The van der Waals surface area contributed by atoms with Crippen LogP contribution < -0.4 is 5.73 Å². The maximum Gasteiger partial charge on any atom is 0.165 e. The van der Waals surface area contributed by atoms with E-state index in [4.69, 9.17) is 5.73 Å². The summed E-state index contributed by atoms with van der Waals surface area (Å²) in [4.78, 5) is 8.96. The van der Waals surface area contributed by atoms with Gasteiger partial charge in [-0.2, -0.15) is 5.10 Å². The third kappa shape index (κ3) is 2.78. The molecule has 6 heteroatoms. The van der Waals surface area contributed by atoms with Crippen molar-refractivity contribution in [2.45, 2.75) is 39.7 Å². The van der Waals surface area contributed by atoms with Gasteiger partial charge in [0.05, 0.1) is 21.9 Å². The van der Waals surface area contributed by atoms with Crippen molar-refractivity contribution < 1.29 is 0 Å².